The highest BCUT2D eigenvalue weighted by Gasteiger charge is 2.20. The summed E-state index contributed by atoms with van der Waals surface area (Å²) in [6.45, 7) is 7.92. The molecule has 0 saturated heterocycles. The molecule has 0 radical (unpaired) electrons. The fourth-order valence-corrected chi connectivity index (χ4v) is 2.54. The summed E-state index contributed by atoms with van der Waals surface area (Å²) in [6.07, 6.45) is 13.1. The number of unbranched alkanes of at least 4 members (excludes halogenated alkanes) is 8. The van der Waals surface area contributed by atoms with Gasteiger partial charge in [0.2, 0.25) is 0 Å². The van der Waals surface area contributed by atoms with Crippen LogP contribution in [0.1, 0.15) is 105 Å². The van der Waals surface area contributed by atoms with E-state index >= 15 is 0 Å². The van der Waals surface area contributed by atoms with Gasteiger partial charge in [-0.15, -0.1) is 0 Å². The van der Waals surface area contributed by atoms with Crippen LogP contribution in [0.3, 0.4) is 0 Å². The summed E-state index contributed by atoms with van der Waals surface area (Å²) < 4.78 is 0. The van der Waals surface area contributed by atoms with Gasteiger partial charge < -0.3 is 10.2 Å². The molecule has 2 heteroatoms. The van der Waals surface area contributed by atoms with Crippen LogP contribution in [0, 0.1) is 11.8 Å². The minimum absolute atomic E-state index is 0.691. The van der Waals surface area contributed by atoms with E-state index in [2.05, 4.69) is 25.7 Å². The Balaban J connectivity index is 4.07. The van der Waals surface area contributed by atoms with E-state index in [9.17, 15) is 10.2 Å². The van der Waals surface area contributed by atoms with Crippen LogP contribution in [0.25, 0.3) is 0 Å². The first kappa shape index (κ1) is 21.5. The van der Waals surface area contributed by atoms with Crippen molar-refractivity contribution in [3.8, 4) is 11.8 Å². The molecule has 0 unspecified atom stereocenters. The summed E-state index contributed by atoms with van der Waals surface area (Å²) in [5.74, 6) is 5.80. The van der Waals surface area contributed by atoms with Crippen LogP contribution >= 0.6 is 0 Å². The lowest BCUT2D eigenvalue weighted by atomic mass is 9.94. The van der Waals surface area contributed by atoms with Crippen LogP contribution in [0.5, 0.6) is 0 Å². The summed E-state index contributed by atoms with van der Waals surface area (Å²) in [7, 11) is 0. The second kappa shape index (κ2) is 12.0. The van der Waals surface area contributed by atoms with Crippen LogP contribution in [0.15, 0.2) is 0 Å². The van der Waals surface area contributed by atoms with Crippen molar-refractivity contribution < 1.29 is 10.2 Å². The van der Waals surface area contributed by atoms with Gasteiger partial charge in [-0.2, -0.15) is 0 Å². The van der Waals surface area contributed by atoms with Crippen LogP contribution in [0.2, 0.25) is 0 Å². The molecular formula is C20H38O2. The molecular weight excluding hydrogens is 272 g/mol. The Morgan fingerprint density at radius 3 is 1.23 bits per heavy atom. The lowest BCUT2D eigenvalue weighted by Crippen LogP contribution is -2.26. The maximum absolute atomic E-state index is 10.3. The number of aliphatic hydroxyl groups is 2. The zero-order chi connectivity index (χ0) is 16.9. The molecule has 2 atom stereocenters. The smallest absolute Gasteiger partial charge is 0.122 e. The van der Waals surface area contributed by atoms with Gasteiger partial charge in [-0.3, -0.25) is 0 Å². The number of rotatable bonds is 12. The topological polar surface area (TPSA) is 40.5 Å². The molecule has 0 spiro atoms. The van der Waals surface area contributed by atoms with E-state index in [0.717, 1.165) is 25.7 Å². The van der Waals surface area contributed by atoms with Crippen molar-refractivity contribution in [3.05, 3.63) is 0 Å². The molecule has 0 aromatic heterocycles. The van der Waals surface area contributed by atoms with Gasteiger partial charge in [-0.25, -0.2) is 0 Å². The minimum atomic E-state index is -0.974. The standard InChI is InChI=1S/C20H38O2/c1-5-7-9-11-13-15-19(3,21)17-18-20(4,22)16-14-12-10-8-6-2/h21-22H,5-16H2,1-4H3/t19-,20+. The predicted molar refractivity (Wildman–Crippen MR) is 95.8 cm³/mol. The van der Waals surface area contributed by atoms with Crippen LogP contribution in [-0.2, 0) is 0 Å². The molecule has 0 amide bonds. The molecule has 0 heterocycles. The lowest BCUT2D eigenvalue weighted by molar-refractivity contribution is 0.0968. The molecule has 0 aliphatic carbocycles. The quantitative estimate of drug-likeness (QED) is 0.383. The Hall–Kier alpha value is -0.520. The Bertz CT molecular complexity index is 290. The zero-order valence-corrected chi connectivity index (χ0v) is 15.4. The SMILES string of the molecule is CCCCCCC[C@@](C)(O)C#C[C@@](C)(O)CCCCCCC. The van der Waals surface area contributed by atoms with Gasteiger partial charge in [-0.05, 0) is 39.5 Å². The fraction of sp³-hybridized carbons (Fsp3) is 0.900. The molecule has 0 fully saturated rings. The first-order chi connectivity index (χ1) is 10.3. The van der Waals surface area contributed by atoms with E-state index in [0.29, 0.717) is 12.8 Å². The van der Waals surface area contributed by atoms with Gasteiger partial charge in [0.25, 0.3) is 0 Å². The van der Waals surface area contributed by atoms with E-state index in [1.807, 2.05) is 0 Å². The largest absolute Gasteiger partial charge is 0.378 e. The highest BCUT2D eigenvalue weighted by Crippen LogP contribution is 2.18. The van der Waals surface area contributed by atoms with Crippen LogP contribution in [-0.4, -0.2) is 21.4 Å². The third-order valence-electron chi connectivity index (χ3n) is 4.14. The highest BCUT2D eigenvalue weighted by atomic mass is 16.3. The lowest BCUT2D eigenvalue weighted by Gasteiger charge is -2.20. The molecule has 0 rings (SSSR count). The fourth-order valence-electron chi connectivity index (χ4n) is 2.54. The zero-order valence-electron chi connectivity index (χ0n) is 15.4. The maximum atomic E-state index is 10.3. The average Bonchev–Trinajstić information content (AvgIpc) is 2.45. The molecule has 2 nitrogen and oxygen atoms in total. The molecule has 22 heavy (non-hydrogen) atoms. The van der Waals surface area contributed by atoms with Crippen LogP contribution < -0.4 is 0 Å². The monoisotopic (exact) mass is 310 g/mol. The summed E-state index contributed by atoms with van der Waals surface area (Å²) in [4.78, 5) is 0. The van der Waals surface area contributed by atoms with E-state index in [1.54, 1.807) is 13.8 Å². The van der Waals surface area contributed by atoms with Crippen molar-refractivity contribution in [2.24, 2.45) is 0 Å². The highest BCUT2D eigenvalue weighted by molar-refractivity contribution is 5.19. The van der Waals surface area contributed by atoms with Gasteiger partial charge in [0.05, 0.1) is 0 Å². The molecule has 0 bridgehead atoms. The Morgan fingerprint density at radius 1 is 0.591 bits per heavy atom. The Kier molecular flexibility index (Phi) is 11.7. The Morgan fingerprint density at radius 2 is 0.909 bits per heavy atom. The first-order valence-corrected chi connectivity index (χ1v) is 9.32. The van der Waals surface area contributed by atoms with Crippen LogP contribution in [0.4, 0.5) is 0 Å². The van der Waals surface area contributed by atoms with Crippen molar-refractivity contribution in [1.29, 1.82) is 0 Å². The number of hydrogen-bond acceptors (Lipinski definition) is 2. The average molecular weight is 311 g/mol. The molecule has 0 aliphatic heterocycles. The summed E-state index contributed by atoms with van der Waals surface area (Å²) in [6, 6.07) is 0. The van der Waals surface area contributed by atoms with Gasteiger partial charge in [0.15, 0.2) is 0 Å². The summed E-state index contributed by atoms with van der Waals surface area (Å²) in [5.41, 5.74) is -1.95. The second-order valence-electron chi connectivity index (χ2n) is 7.13. The van der Waals surface area contributed by atoms with Gasteiger partial charge in [-0.1, -0.05) is 77.1 Å². The second-order valence-corrected chi connectivity index (χ2v) is 7.13. The van der Waals surface area contributed by atoms with E-state index in [-0.39, 0.29) is 0 Å². The minimum Gasteiger partial charge on any atom is -0.378 e. The van der Waals surface area contributed by atoms with E-state index in [4.69, 9.17) is 0 Å². The first-order valence-electron chi connectivity index (χ1n) is 9.32. The van der Waals surface area contributed by atoms with Crippen molar-refractivity contribution in [2.75, 3.05) is 0 Å². The molecule has 0 aliphatic rings. The predicted octanol–water partition coefficient (Wildman–Crippen LogP) is 5.21. The third kappa shape index (κ3) is 13.2. The van der Waals surface area contributed by atoms with Gasteiger partial charge in [0.1, 0.15) is 11.2 Å². The number of hydrogen-bond donors (Lipinski definition) is 2. The normalized spacial score (nSPS) is 16.5. The van der Waals surface area contributed by atoms with Crippen molar-refractivity contribution in [1.82, 2.24) is 0 Å². The van der Waals surface area contributed by atoms with Crippen molar-refractivity contribution in [3.63, 3.8) is 0 Å². The van der Waals surface area contributed by atoms with Crippen molar-refractivity contribution in [2.45, 2.75) is 116 Å². The molecule has 0 aromatic carbocycles. The molecule has 130 valence electrons. The van der Waals surface area contributed by atoms with Gasteiger partial charge in [0, 0.05) is 0 Å². The van der Waals surface area contributed by atoms with E-state index < -0.39 is 11.2 Å². The third-order valence-corrected chi connectivity index (χ3v) is 4.14. The molecule has 0 aromatic rings. The van der Waals surface area contributed by atoms with Crippen molar-refractivity contribution >= 4 is 0 Å². The summed E-state index contributed by atoms with van der Waals surface area (Å²) in [5, 5.41) is 20.6. The summed E-state index contributed by atoms with van der Waals surface area (Å²) >= 11 is 0. The maximum Gasteiger partial charge on any atom is 0.122 e. The molecule has 2 N–H and O–H groups in total. The Labute approximate surface area is 138 Å². The molecule has 0 saturated carbocycles. The van der Waals surface area contributed by atoms with Gasteiger partial charge >= 0.3 is 0 Å². The van der Waals surface area contributed by atoms with E-state index in [1.165, 1.54) is 38.5 Å².